The monoisotopic (exact) mass is 391 g/mol. The Morgan fingerprint density at radius 1 is 1.50 bits per heavy atom. The third kappa shape index (κ3) is 3.11. The van der Waals surface area contributed by atoms with Crippen LogP contribution in [-0.4, -0.2) is 42.1 Å². The molecule has 1 aromatic rings. The lowest BCUT2D eigenvalue weighted by Crippen LogP contribution is -2.22. The minimum absolute atomic E-state index is 0.000643. The molecule has 22 heavy (non-hydrogen) atoms. The number of phenols is 1. The van der Waals surface area contributed by atoms with Gasteiger partial charge in [0.1, 0.15) is 0 Å². The first-order chi connectivity index (χ1) is 10.4. The number of aromatic hydroxyl groups is 1. The van der Waals surface area contributed by atoms with Crippen molar-refractivity contribution in [2.75, 3.05) is 21.0 Å². The van der Waals surface area contributed by atoms with E-state index in [9.17, 15) is 19.1 Å². The Bertz CT molecular complexity index is 679. The van der Waals surface area contributed by atoms with Gasteiger partial charge in [0.25, 0.3) is 11.1 Å². The number of carbonyl (C=O) groups excluding carboxylic acids is 2. The van der Waals surface area contributed by atoms with Gasteiger partial charge in [0.15, 0.2) is 18.4 Å². The number of nitrogens with zero attached hydrogens (tertiary/aromatic N) is 1. The van der Waals surface area contributed by atoms with Gasteiger partial charge in [-0.3, -0.25) is 14.5 Å². The van der Waals surface area contributed by atoms with Gasteiger partial charge >= 0.3 is 0 Å². The predicted molar refractivity (Wildman–Crippen MR) is 82.0 cm³/mol. The average molecular weight is 392 g/mol. The molecule has 118 valence electrons. The van der Waals surface area contributed by atoms with E-state index in [4.69, 9.17) is 4.74 Å². The van der Waals surface area contributed by atoms with Crippen molar-refractivity contribution in [2.24, 2.45) is 0 Å². The highest BCUT2D eigenvalue weighted by Gasteiger charge is 2.32. The zero-order chi connectivity index (χ0) is 16.4. The number of imide groups is 1. The van der Waals surface area contributed by atoms with Crippen LogP contribution in [0.2, 0.25) is 0 Å². The maximum Gasteiger partial charge on any atom is 0.293 e. The van der Waals surface area contributed by atoms with Crippen LogP contribution >= 0.6 is 27.7 Å². The highest BCUT2D eigenvalue weighted by atomic mass is 79.9. The summed E-state index contributed by atoms with van der Waals surface area (Å²) in [7, 11) is 2.71. The van der Waals surface area contributed by atoms with Gasteiger partial charge in [0.2, 0.25) is 5.75 Å². The van der Waals surface area contributed by atoms with Crippen molar-refractivity contribution >= 4 is 44.9 Å². The van der Waals surface area contributed by atoms with Gasteiger partial charge in [-0.05, 0) is 45.4 Å². The lowest BCUT2D eigenvalue weighted by molar-refractivity contribution is -0.121. The van der Waals surface area contributed by atoms with E-state index in [2.05, 4.69) is 20.7 Å². The van der Waals surface area contributed by atoms with E-state index < -0.39 is 22.7 Å². The summed E-state index contributed by atoms with van der Waals surface area (Å²) >= 11 is 3.78. The van der Waals surface area contributed by atoms with Gasteiger partial charge in [-0.15, -0.1) is 0 Å². The highest BCUT2D eigenvalue weighted by Crippen LogP contribution is 2.39. The molecule has 0 bridgehead atoms. The van der Waals surface area contributed by atoms with Gasteiger partial charge < -0.3 is 14.6 Å². The molecule has 0 aliphatic carbocycles. The minimum atomic E-state index is -0.834. The second-order valence-electron chi connectivity index (χ2n) is 4.23. The molecule has 0 saturated carbocycles. The number of halogens is 2. The van der Waals surface area contributed by atoms with Crippen molar-refractivity contribution in [1.29, 1.82) is 0 Å². The lowest BCUT2D eigenvalue weighted by atomic mass is 10.1. The second-order valence-corrected chi connectivity index (χ2v) is 6.02. The molecule has 0 atom stereocenters. The molecule has 1 heterocycles. The fourth-order valence-corrected chi connectivity index (χ4v) is 2.89. The Kier molecular flexibility index (Phi) is 5.09. The smallest absolute Gasteiger partial charge is 0.293 e. The van der Waals surface area contributed by atoms with Crippen LogP contribution in [0.5, 0.6) is 11.5 Å². The van der Waals surface area contributed by atoms with Crippen molar-refractivity contribution in [2.45, 2.75) is 0 Å². The van der Waals surface area contributed by atoms with Crippen LogP contribution in [0.25, 0.3) is 6.08 Å². The van der Waals surface area contributed by atoms with Crippen LogP contribution in [0, 0.1) is 5.82 Å². The third-order valence-electron chi connectivity index (χ3n) is 2.76. The summed E-state index contributed by atoms with van der Waals surface area (Å²) in [6, 6.07) is 1.22. The molecule has 6 nitrogen and oxygen atoms in total. The van der Waals surface area contributed by atoms with Gasteiger partial charge in [-0.2, -0.15) is 0 Å². The van der Waals surface area contributed by atoms with Crippen molar-refractivity contribution in [3.8, 4) is 11.5 Å². The number of benzene rings is 1. The fraction of sp³-hybridized carbons (Fsp3) is 0.231. The number of likely N-dealkylation sites (N-methyl/N-ethyl adjacent to an activating group) is 1. The topological polar surface area (TPSA) is 76.1 Å². The summed E-state index contributed by atoms with van der Waals surface area (Å²) in [5.41, 5.74) is 0.207. The Morgan fingerprint density at radius 2 is 2.18 bits per heavy atom. The van der Waals surface area contributed by atoms with Crippen LogP contribution in [0.1, 0.15) is 5.56 Å². The van der Waals surface area contributed by atoms with Gasteiger partial charge in [-0.1, -0.05) is 0 Å². The first kappa shape index (κ1) is 16.8. The largest absolute Gasteiger partial charge is 0.504 e. The summed E-state index contributed by atoms with van der Waals surface area (Å²) in [6.45, 7) is -0.231. The standard InChI is InChI=1S/C13H11BrFNO5S/c1-16-12(18)8(22-13(16)19)4-6-3-7(17)11(21-5-20-2)10(15)9(6)14/h3-4,17H,5H2,1-2H3/b8-4-. The summed E-state index contributed by atoms with van der Waals surface area (Å²) in [6.07, 6.45) is 1.32. The third-order valence-corrected chi connectivity index (χ3v) is 4.53. The van der Waals surface area contributed by atoms with E-state index in [-0.39, 0.29) is 27.5 Å². The van der Waals surface area contributed by atoms with Crippen LogP contribution in [0.4, 0.5) is 9.18 Å². The first-order valence-corrected chi connectivity index (χ1v) is 7.52. The Hall–Kier alpha value is -1.58. The van der Waals surface area contributed by atoms with Crippen molar-refractivity contribution < 1.29 is 28.6 Å². The van der Waals surface area contributed by atoms with E-state index in [1.807, 2.05) is 0 Å². The number of phenolic OH excluding ortho intramolecular Hbond substituents is 1. The van der Waals surface area contributed by atoms with E-state index in [1.165, 1.54) is 26.3 Å². The number of methoxy groups -OCH3 is 1. The number of rotatable bonds is 4. The molecule has 9 heteroatoms. The van der Waals surface area contributed by atoms with Crippen LogP contribution in [0.15, 0.2) is 15.4 Å². The number of carbonyl (C=O) groups is 2. The van der Waals surface area contributed by atoms with Gasteiger partial charge in [-0.25, -0.2) is 4.39 Å². The molecule has 0 aromatic heterocycles. The molecule has 2 rings (SSSR count). The van der Waals surface area contributed by atoms with Crippen LogP contribution in [0.3, 0.4) is 0 Å². The van der Waals surface area contributed by atoms with Gasteiger partial charge in [0, 0.05) is 14.2 Å². The van der Waals surface area contributed by atoms with Crippen LogP contribution in [-0.2, 0) is 9.53 Å². The van der Waals surface area contributed by atoms with Crippen molar-refractivity contribution in [3.05, 3.63) is 26.8 Å². The maximum atomic E-state index is 14.2. The molecule has 0 spiro atoms. The van der Waals surface area contributed by atoms with E-state index >= 15 is 0 Å². The molecule has 0 unspecified atom stereocenters. The molecule has 2 amide bonds. The lowest BCUT2D eigenvalue weighted by Gasteiger charge is -2.11. The number of amides is 2. The number of ether oxygens (including phenoxy) is 2. The van der Waals surface area contributed by atoms with E-state index in [0.717, 1.165) is 16.7 Å². The molecular formula is C13H11BrFNO5S. The Labute approximate surface area is 138 Å². The molecule has 1 aliphatic rings. The predicted octanol–water partition coefficient (Wildman–Crippen LogP) is 2.94. The Morgan fingerprint density at radius 3 is 2.73 bits per heavy atom. The fourth-order valence-electron chi connectivity index (χ4n) is 1.66. The maximum absolute atomic E-state index is 14.2. The van der Waals surface area contributed by atoms with Crippen LogP contribution < -0.4 is 4.74 Å². The van der Waals surface area contributed by atoms with Crippen molar-refractivity contribution in [3.63, 3.8) is 0 Å². The summed E-state index contributed by atoms with van der Waals surface area (Å²) < 4.78 is 23.8. The minimum Gasteiger partial charge on any atom is -0.504 e. The summed E-state index contributed by atoms with van der Waals surface area (Å²) in [5.74, 6) is -2.13. The molecular weight excluding hydrogens is 381 g/mol. The zero-order valence-electron chi connectivity index (χ0n) is 11.6. The van der Waals surface area contributed by atoms with E-state index in [0.29, 0.717) is 0 Å². The van der Waals surface area contributed by atoms with Gasteiger partial charge in [0.05, 0.1) is 9.38 Å². The molecule has 1 aliphatic heterocycles. The zero-order valence-corrected chi connectivity index (χ0v) is 14.0. The molecule has 1 aromatic carbocycles. The quantitative estimate of drug-likeness (QED) is 0.627. The van der Waals surface area contributed by atoms with E-state index in [1.54, 1.807) is 0 Å². The SMILES string of the molecule is COCOc1c(O)cc(/C=C2\SC(=O)N(C)C2=O)c(Br)c1F. The highest BCUT2D eigenvalue weighted by molar-refractivity contribution is 9.10. The normalized spacial score (nSPS) is 16.7. The molecule has 0 radical (unpaired) electrons. The Balaban J connectivity index is 2.42. The molecule has 1 fully saturated rings. The average Bonchev–Trinajstić information content (AvgIpc) is 2.72. The molecule has 1 N–H and O–H groups in total. The summed E-state index contributed by atoms with van der Waals surface area (Å²) in [5, 5.41) is 9.41. The summed E-state index contributed by atoms with van der Waals surface area (Å²) in [4.78, 5) is 24.3. The number of hydrogen-bond donors (Lipinski definition) is 1. The number of hydrogen-bond acceptors (Lipinski definition) is 6. The first-order valence-electron chi connectivity index (χ1n) is 5.91. The van der Waals surface area contributed by atoms with Crippen molar-refractivity contribution in [1.82, 2.24) is 4.90 Å². The molecule has 1 saturated heterocycles. The second kappa shape index (κ2) is 6.67. The number of thioether (sulfide) groups is 1.